The number of carbonyl (C=O) groups is 2. The van der Waals surface area contributed by atoms with Crippen molar-refractivity contribution in [1.82, 2.24) is 10.2 Å². The molecule has 1 heterocycles. The number of carboxylic acid groups (broad SMARTS) is 1. The van der Waals surface area contributed by atoms with Gasteiger partial charge in [-0.05, 0) is 31.1 Å². The van der Waals surface area contributed by atoms with Crippen molar-refractivity contribution in [2.45, 2.75) is 45.6 Å². The molecule has 1 fully saturated rings. The fraction of sp³-hybridized carbons (Fsp3) is 0.857. The van der Waals surface area contributed by atoms with Gasteiger partial charge in [-0.2, -0.15) is 0 Å². The first-order chi connectivity index (χ1) is 9.38. The SMILES string of the molecule is CC(C)CC(CNC(=O)N1CCCC(N)C1)CC(=O)O. The molecule has 1 rings (SSSR count). The smallest absolute Gasteiger partial charge is 0.317 e. The van der Waals surface area contributed by atoms with E-state index in [0.29, 0.717) is 19.0 Å². The van der Waals surface area contributed by atoms with Crippen LogP contribution in [0.5, 0.6) is 0 Å². The first-order valence-corrected chi connectivity index (χ1v) is 7.38. The van der Waals surface area contributed by atoms with Crippen LogP contribution in [-0.4, -0.2) is 47.7 Å². The van der Waals surface area contributed by atoms with Crippen molar-refractivity contribution in [1.29, 1.82) is 0 Å². The molecule has 1 saturated heterocycles. The van der Waals surface area contributed by atoms with Crippen LogP contribution < -0.4 is 11.1 Å². The highest BCUT2D eigenvalue weighted by Crippen LogP contribution is 2.15. The number of nitrogens with two attached hydrogens (primary N) is 1. The largest absolute Gasteiger partial charge is 0.481 e. The Morgan fingerprint density at radius 2 is 2.15 bits per heavy atom. The van der Waals surface area contributed by atoms with Gasteiger partial charge in [0.05, 0.1) is 0 Å². The highest BCUT2D eigenvalue weighted by atomic mass is 16.4. The molecule has 20 heavy (non-hydrogen) atoms. The fourth-order valence-electron chi connectivity index (χ4n) is 2.69. The third-order valence-electron chi connectivity index (χ3n) is 3.56. The lowest BCUT2D eigenvalue weighted by Crippen LogP contribution is -2.50. The zero-order chi connectivity index (χ0) is 15.1. The number of carbonyl (C=O) groups excluding carboxylic acids is 1. The third kappa shape index (κ3) is 6.23. The maximum absolute atomic E-state index is 12.0. The summed E-state index contributed by atoms with van der Waals surface area (Å²) in [5, 5.41) is 11.8. The Bertz CT molecular complexity index is 334. The zero-order valence-electron chi connectivity index (χ0n) is 12.5. The quantitative estimate of drug-likeness (QED) is 0.684. The molecule has 1 aliphatic heterocycles. The van der Waals surface area contributed by atoms with E-state index in [-0.39, 0.29) is 24.4 Å². The molecule has 2 atom stereocenters. The Labute approximate surface area is 120 Å². The standard InChI is InChI=1S/C14H27N3O3/c1-10(2)6-11(7-13(18)19)8-16-14(20)17-5-3-4-12(15)9-17/h10-12H,3-9,15H2,1-2H3,(H,16,20)(H,18,19). The van der Waals surface area contributed by atoms with Crippen LogP contribution >= 0.6 is 0 Å². The van der Waals surface area contributed by atoms with E-state index in [0.717, 1.165) is 25.8 Å². The van der Waals surface area contributed by atoms with Gasteiger partial charge in [0, 0.05) is 32.1 Å². The minimum Gasteiger partial charge on any atom is -0.481 e. The average molecular weight is 285 g/mol. The molecule has 6 heteroatoms. The number of piperidine rings is 1. The molecule has 0 aliphatic carbocycles. The Morgan fingerprint density at radius 1 is 1.45 bits per heavy atom. The van der Waals surface area contributed by atoms with E-state index in [1.807, 2.05) is 0 Å². The first kappa shape index (κ1) is 16.8. The number of aliphatic carboxylic acids is 1. The van der Waals surface area contributed by atoms with Gasteiger partial charge < -0.3 is 21.1 Å². The van der Waals surface area contributed by atoms with E-state index >= 15 is 0 Å². The minimum absolute atomic E-state index is 0.0186. The van der Waals surface area contributed by atoms with Crippen LogP contribution in [0.1, 0.15) is 39.5 Å². The van der Waals surface area contributed by atoms with Crippen molar-refractivity contribution < 1.29 is 14.7 Å². The molecule has 4 N–H and O–H groups in total. The topological polar surface area (TPSA) is 95.7 Å². The number of hydrogen-bond donors (Lipinski definition) is 3. The summed E-state index contributed by atoms with van der Waals surface area (Å²) in [7, 11) is 0. The van der Waals surface area contributed by atoms with Gasteiger partial charge in [-0.15, -0.1) is 0 Å². The van der Waals surface area contributed by atoms with E-state index in [1.54, 1.807) is 4.90 Å². The van der Waals surface area contributed by atoms with Crippen molar-refractivity contribution in [3.8, 4) is 0 Å². The maximum Gasteiger partial charge on any atom is 0.317 e. The Morgan fingerprint density at radius 3 is 2.70 bits per heavy atom. The fourth-order valence-corrected chi connectivity index (χ4v) is 2.69. The summed E-state index contributed by atoms with van der Waals surface area (Å²) in [6, 6.07) is -0.0701. The Kier molecular flexibility index (Phi) is 6.78. The molecule has 6 nitrogen and oxygen atoms in total. The lowest BCUT2D eigenvalue weighted by atomic mass is 9.94. The number of hydrogen-bond acceptors (Lipinski definition) is 3. The zero-order valence-corrected chi connectivity index (χ0v) is 12.5. The van der Waals surface area contributed by atoms with Gasteiger partial charge in [0.1, 0.15) is 0 Å². The molecular formula is C14H27N3O3. The van der Waals surface area contributed by atoms with Crippen molar-refractivity contribution in [3.05, 3.63) is 0 Å². The van der Waals surface area contributed by atoms with E-state index < -0.39 is 5.97 Å². The normalized spacial score (nSPS) is 20.8. The third-order valence-corrected chi connectivity index (χ3v) is 3.56. The van der Waals surface area contributed by atoms with Crippen LogP contribution in [0.25, 0.3) is 0 Å². The highest BCUT2D eigenvalue weighted by Gasteiger charge is 2.22. The summed E-state index contributed by atoms with van der Waals surface area (Å²) in [5.74, 6) is -0.417. The summed E-state index contributed by atoms with van der Waals surface area (Å²) in [5.41, 5.74) is 5.85. The van der Waals surface area contributed by atoms with Crippen LogP contribution in [0.15, 0.2) is 0 Å². The summed E-state index contributed by atoms with van der Waals surface area (Å²) in [6.45, 7) is 5.84. The molecule has 0 bridgehead atoms. The predicted molar refractivity (Wildman–Crippen MR) is 77.4 cm³/mol. The number of nitrogens with zero attached hydrogens (tertiary/aromatic N) is 1. The first-order valence-electron chi connectivity index (χ1n) is 7.38. The minimum atomic E-state index is -0.815. The van der Waals surface area contributed by atoms with Gasteiger partial charge >= 0.3 is 12.0 Å². The van der Waals surface area contributed by atoms with Crippen LogP contribution in [0.3, 0.4) is 0 Å². The van der Waals surface area contributed by atoms with Gasteiger partial charge in [0.2, 0.25) is 0 Å². The van der Waals surface area contributed by atoms with Crippen LogP contribution in [-0.2, 0) is 4.79 Å². The molecule has 0 aromatic rings. The van der Waals surface area contributed by atoms with Gasteiger partial charge in [-0.1, -0.05) is 13.8 Å². The van der Waals surface area contributed by atoms with Gasteiger partial charge in [0.25, 0.3) is 0 Å². The van der Waals surface area contributed by atoms with Crippen LogP contribution in [0.4, 0.5) is 4.79 Å². The number of urea groups is 1. The Hall–Kier alpha value is -1.30. The predicted octanol–water partition coefficient (Wildman–Crippen LogP) is 1.26. The molecule has 0 radical (unpaired) electrons. The van der Waals surface area contributed by atoms with E-state index in [2.05, 4.69) is 19.2 Å². The van der Waals surface area contributed by atoms with Gasteiger partial charge in [0.15, 0.2) is 0 Å². The number of amides is 2. The van der Waals surface area contributed by atoms with Gasteiger partial charge in [-0.3, -0.25) is 4.79 Å². The second-order valence-corrected chi connectivity index (χ2v) is 6.13. The summed E-state index contributed by atoms with van der Waals surface area (Å²) in [4.78, 5) is 24.6. The summed E-state index contributed by atoms with van der Waals surface area (Å²) < 4.78 is 0. The Balaban J connectivity index is 2.40. The van der Waals surface area contributed by atoms with Gasteiger partial charge in [-0.25, -0.2) is 4.79 Å². The van der Waals surface area contributed by atoms with Crippen molar-refractivity contribution in [3.63, 3.8) is 0 Å². The summed E-state index contributed by atoms with van der Waals surface area (Å²) in [6.07, 6.45) is 2.78. The van der Waals surface area contributed by atoms with E-state index in [9.17, 15) is 9.59 Å². The van der Waals surface area contributed by atoms with E-state index in [1.165, 1.54) is 0 Å². The summed E-state index contributed by atoms with van der Waals surface area (Å²) >= 11 is 0. The van der Waals surface area contributed by atoms with E-state index in [4.69, 9.17) is 10.8 Å². The monoisotopic (exact) mass is 285 g/mol. The number of likely N-dealkylation sites (tertiary alicyclic amines) is 1. The maximum atomic E-state index is 12.0. The molecule has 0 spiro atoms. The molecular weight excluding hydrogens is 258 g/mol. The molecule has 1 aliphatic rings. The lowest BCUT2D eigenvalue weighted by molar-refractivity contribution is -0.138. The molecule has 2 unspecified atom stereocenters. The lowest BCUT2D eigenvalue weighted by Gasteiger charge is -2.31. The van der Waals surface area contributed by atoms with Crippen molar-refractivity contribution >= 4 is 12.0 Å². The van der Waals surface area contributed by atoms with Crippen molar-refractivity contribution in [2.75, 3.05) is 19.6 Å². The molecule has 0 saturated carbocycles. The van der Waals surface area contributed by atoms with Crippen LogP contribution in [0, 0.1) is 11.8 Å². The molecule has 0 aromatic carbocycles. The second kappa shape index (κ2) is 8.09. The second-order valence-electron chi connectivity index (χ2n) is 6.13. The number of nitrogens with one attached hydrogen (secondary N) is 1. The van der Waals surface area contributed by atoms with Crippen molar-refractivity contribution in [2.24, 2.45) is 17.6 Å². The molecule has 0 aromatic heterocycles. The molecule has 2 amide bonds. The van der Waals surface area contributed by atoms with Crippen LogP contribution in [0.2, 0.25) is 0 Å². The molecule has 116 valence electrons. The highest BCUT2D eigenvalue weighted by molar-refractivity contribution is 5.74. The average Bonchev–Trinajstić information content (AvgIpc) is 2.34. The number of rotatable bonds is 6. The number of carboxylic acids is 1.